The summed E-state index contributed by atoms with van der Waals surface area (Å²) in [5.41, 5.74) is 2.89. The molecule has 39 heavy (non-hydrogen) atoms. The van der Waals surface area contributed by atoms with E-state index in [1.165, 1.54) is 12.1 Å². The van der Waals surface area contributed by atoms with Gasteiger partial charge in [0.05, 0.1) is 17.9 Å². The van der Waals surface area contributed by atoms with Crippen molar-refractivity contribution < 1.29 is 23.9 Å². The standard InChI is InChI=1S/C30H28ClN3O5/c1-4-15-39-30(38)21-11-8-14-24(18-21)34-28(36)25(31)26(29(34)37)32-22-12-7-10-20(17-22)27(35)33(5-2)23-13-6-9-19(3)16-23/h6-14,16-18,32H,4-5,15H2,1-3H3. The molecule has 1 heterocycles. The number of halogens is 1. The summed E-state index contributed by atoms with van der Waals surface area (Å²) in [5, 5.41) is 2.61. The Labute approximate surface area is 231 Å². The maximum absolute atomic E-state index is 13.3. The van der Waals surface area contributed by atoms with E-state index in [1.807, 2.05) is 45.0 Å². The Balaban J connectivity index is 1.56. The molecule has 9 heteroatoms. The molecule has 0 bridgehead atoms. The molecular weight excluding hydrogens is 518 g/mol. The predicted molar refractivity (Wildman–Crippen MR) is 151 cm³/mol. The predicted octanol–water partition coefficient (Wildman–Crippen LogP) is 5.66. The molecule has 8 nitrogen and oxygen atoms in total. The quantitative estimate of drug-likeness (QED) is 0.275. The number of nitrogens with zero attached hydrogens (tertiary/aromatic N) is 2. The number of nitrogens with one attached hydrogen (secondary N) is 1. The van der Waals surface area contributed by atoms with Crippen LogP contribution in [0.15, 0.2) is 83.5 Å². The molecule has 3 aromatic rings. The monoisotopic (exact) mass is 545 g/mol. The Bertz CT molecular complexity index is 1480. The fourth-order valence-corrected chi connectivity index (χ4v) is 4.38. The minimum atomic E-state index is -0.730. The zero-order chi connectivity index (χ0) is 28.1. The first-order chi connectivity index (χ1) is 18.7. The number of rotatable bonds is 9. The molecule has 1 aliphatic heterocycles. The van der Waals surface area contributed by atoms with Crippen LogP contribution in [-0.2, 0) is 14.3 Å². The average Bonchev–Trinajstić information content (AvgIpc) is 3.15. The van der Waals surface area contributed by atoms with Crippen LogP contribution in [0.2, 0.25) is 0 Å². The lowest BCUT2D eigenvalue weighted by atomic mass is 10.1. The second kappa shape index (κ2) is 12.0. The molecule has 0 saturated carbocycles. The number of hydrogen-bond acceptors (Lipinski definition) is 6. The second-order valence-corrected chi connectivity index (χ2v) is 9.29. The van der Waals surface area contributed by atoms with Gasteiger partial charge in [-0.15, -0.1) is 0 Å². The third-order valence-electron chi connectivity index (χ3n) is 6.06. The van der Waals surface area contributed by atoms with Crippen LogP contribution in [0.5, 0.6) is 0 Å². The SMILES string of the molecule is CCCOC(=O)c1cccc(N2C(=O)C(Cl)=C(Nc3cccc(C(=O)N(CC)c4cccc(C)c4)c3)C2=O)c1. The first-order valence-corrected chi connectivity index (χ1v) is 12.9. The average molecular weight is 546 g/mol. The molecule has 0 unspecified atom stereocenters. The van der Waals surface area contributed by atoms with Gasteiger partial charge in [-0.25, -0.2) is 9.69 Å². The minimum absolute atomic E-state index is 0.128. The van der Waals surface area contributed by atoms with E-state index < -0.39 is 17.8 Å². The molecular formula is C30H28ClN3O5. The second-order valence-electron chi connectivity index (χ2n) is 8.92. The van der Waals surface area contributed by atoms with Crippen molar-refractivity contribution in [2.75, 3.05) is 28.3 Å². The van der Waals surface area contributed by atoms with Gasteiger partial charge in [-0.2, -0.15) is 0 Å². The third kappa shape index (κ3) is 5.86. The van der Waals surface area contributed by atoms with Crippen LogP contribution < -0.4 is 15.1 Å². The number of imide groups is 1. The number of amides is 3. The minimum Gasteiger partial charge on any atom is -0.462 e. The summed E-state index contributed by atoms with van der Waals surface area (Å²) >= 11 is 6.30. The Morgan fingerprint density at radius 3 is 2.36 bits per heavy atom. The van der Waals surface area contributed by atoms with Gasteiger partial charge in [-0.05, 0) is 74.4 Å². The molecule has 1 aliphatic rings. The van der Waals surface area contributed by atoms with Gasteiger partial charge in [0, 0.05) is 23.5 Å². The number of esters is 1. The summed E-state index contributed by atoms with van der Waals surface area (Å²) in [6.45, 7) is 6.45. The van der Waals surface area contributed by atoms with Crippen LogP contribution in [-0.4, -0.2) is 36.8 Å². The zero-order valence-corrected chi connectivity index (χ0v) is 22.6. The summed E-state index contributed by atoms with van der Waals surface area (Å²) in [4.78, 5) is 54.4. The van der Waals surface area contributed by atoms with Crippen LogP contribution in [0, 0.1) is 6.92 Å². The summed E-state index contributed by atoms with van der Waals surface area (Å²) < 4.78 is 5.15. The normalized spacial score (nSPS) is 13.1. The van der Waals surface area contributed by atoms with Gasteiger partial charge < -0.3 is 15.0 Å². The van der Waals surface area contributed by atoms with Crippen molar-refractivity contribution in [1.29, 1.82) is 0 Å². The van der Waals surface area contributed by atoms with E-state index in [9.17, 15) is 19.2 Å². The van der Waals surface area contributed by atoms with Crippen LogP contribution in [0.3, 0.4) is 0 Å². The van der Waals surface area contributed by atoms with Gasteiger partial charge in [0.2, 0.25) is 0 Å². The first kappa shape index (κ1) is 27.6. The van der Waals surface area contributed by atoms with Gasteiger partial charge in [-0.3, -0.25) is 14.4 Å². The van der Waals surface area contributed by atoms with E-state index in [4.69, 9.17) is 16.3 Å². The highest BCUT2D eigenvalue weighted by Gasteiger charge is 2.39. The van der Waals surface area contributed by atoms with E-state index in [-0.39, 0.29) is 34.5 Å². The van der Waals surface area contributed by atoms with E-state index in [2.05, 4.69) is 5.32 Å². The summed E-state index contributed by atoms with van der Waals surface area (Å²) in [6.07, 6.45) is 0.665. The van der Waals surface area contributed by atoms with E-state index in [1.54, 1.807) is 41.3 Å². The van der Waals surface area contributed by atoms with E-state index in [0.717, 1.165) is 16.2 Å². The van der Waals surface area contributed by atoms with Crippen LogP contribution in [0.25, 0.3) is 0 Å². The van der Waals surface area contributed by atoms with Crippen molar-refractivity contribution in [1.82, 2.24) is 0 Å². The Kier molecular flexibility index (Phi) is 8.46. The highest BCUT2D eigenvalue weighted by molar-refractivity contribution is 6.53. The first-order valence-electron chi connectivity index (χ1n) is 12.6. The number of ether oxygens (including phenoxy) is 1. The van der Waals surface area contributed by atoms with Gasteiger partial charge in [-0.1, -0.05) is 42.8 Å². The molecule has 200 valence electrons. The van der Waals surface area contributed by atoms with Crippen molar-refractivity contribution in [3.63, 3.8) is 0 Å². The lowest BCUT2D eigenvalue weighted by Gasteiger charge is -2.22. The molecule has 0 radical (unpaired) electrons. The van der Waals surface area contributed by atoms with Crippen molar-refractivity contribution in [2.24, 2.45) is 0 Å². The van der Waals surface area contributed by atoms with E-state index >= 15 is 0 Å². The maximum Gasteiger partial charge on any atom is 0.338 e. The highest BCUT2D eigenvalue weighted by atomic mass is 35.5. The number of aryl methyl sites for hydroxylation is 1. The van der Waals surface area contributed by atoms with Crippen LogP contribution in [0.1, 0.15) is 46.5 Å². The fourth-order valence-electron chi connectivity index (χ4n) is 4.17. The molecule has 0 aliphatic carbocycles. The largest absolute Gasteiger partial charge is 0.462 e. The number of anilines is 3. The van der Waals surface area contributed by atoms with Gasteiger partial charge in [0.15, 0.2) is 0 Å². The Morgan fingerprint density at radius 1 is 0.923 bits per heavy atom. The maximum atomic E-state index is 13.3. The molecule has 0 spiro atoms. The lowest BCUT2D eigenvalue weighted by Crippen LogP contribution is -2.32. The summed E-state index contributed by atoms with van der Waals surface area (Å²) in [6, 6.07) is 20.3. The van der Waals surface area contributed by atoms with Crippen molar-refractivity contribution in [3.8, 4) is 0 Å². The molecule has 0 fully saturated rings. The van der Waals surface area contributed by atoms with Crippen molar-refractivity contribution in [2.45, 2.75) is 27.2 Å². The number of carbonyl (C=O) groups excluding carboxylic acids is 4. The summed E-state index contributed by atoms with van der Waals surface area (Å²) in [7, 11) is 0. The molecule has 3 aromatic carbocycles. The number of benzene rings is 3. The van der Waals surface area contributed by atoms with Crippen molar-refractivity contribution in [3.05, 3.63) is 100 Å². The van der Waals surface area contributed by atoms with E-state index in [0.29, 0.717) is 24.2 Å². The Hall–Kier alpha value is -4.43. The molecule has 0 saturated heterocycles. The lowest BCUT2D eigenvalue weighted by molar-refractivity contribution is -0.120. The highest BCUT2D eigenvalue weighted by Crippen LogP contribution is 2.31. The topological polar surface area (TPSA) is 96.0 Å². The van der Waals surface area contributed by atoms with Gasteiger partial charge in [0.25, 0.3) is 17.7 Å². The molecule has 1 N–H and O–H groups in total. The fraction of sp³-hybridized carbons (Fsp3) is 0.200. The molecule has 0 atom stereocenters. The third-order valence-corrected chi connectivity index (χ3v) is 6.41. The Morgan fingerprint density at radius 2 is 1.64 bits per heavy atom. The van der Waals surface area contributed by atoms with Crippen molar-refractivity contribution >= 4 is 52.4 Å². The smallest absolute Gasteiger partial charge is 0.338 e. The van der Waals surface area contributed by atoms with Gasteiger partial charge >= 0.3 is 5.97 Å². The molecule has 4 rings (SSSR count). The number of hydrogen-bond donors (Lipinski definition) is 1. The zero-order valence-electron chi connectivity index (χ0n) is 21.9. The molecule has 0 aromatic heterocycles. The van der Waals surface area contributed by atoms with Crippen LogP contribution >= 0.6 is 11.6 Å². The number of carbonyl (C=O) groups is 4. The summed E-state index contributed by atoms with van der Waals surface area (Å²) in [5.74, 6) is -2.18. The van der Waals surface area contributed by atoms with Crippen LogP contribution in [0.4, 0.5) is 17.1 Å². The van der Waals surface area contributed by atoms with Gasteiger partial charge in [0.1, 0.15) is 10.7 Å². The molecule has 3 amide bonds.